The molecule has 0 unspecified atom stereocenters. The maximum absolute atomic E-state index is 13.1. The highest BCUT2D eigenvalue weighted by Gasteiger charge is 2.35. The summed E-state index contributed by atoms with van der Waals surface area (Å²) >= 11 is 5.97. The van der Waals surface area contributed by atoms with Crippen molar-refractivity contribution in [1.29, 1.82) is 0 Å². The molecule has 1 fully saturated rings. The monoisotopic (exact) mass is 479 g/mol. The molecule has 0 aliphatic carbocycles. The summed E-state index contributed by atoms with van der Waals surface area (Å²) in [5, 5.41) is 13.5. The van der Waals surface area contributed by atoms with Crippen LogP contribution in [0.1, 0.15) is 40.7 Å². The Kier molecular flexibility index (Phi) is 5.53. The van der Waals surface area contributed by atoms with Crippen molar-refractivity contribution in [2.45, 2.75) is 45.6 Å². The van der Waals surface area contributed by atoms with E-state index in [4.69, 9.17) is 20.4 Å². The van der Waals surface area contributed by atoms with Gasteiger partial charge in [-0.05, 0) is 68.5 Å². The summed E-state index contributed by atoms with van der Waals surface area (Å²) in [4.78, 5) is 27.7. The molecule has 1 amide bonds. The highest BCUT2D eigenvalue weighted by molar-refractivity contribution is 6.30. The number of hydrogen-bond acceptors (Lipinski definition) is 5. The smallest absolute Gasteiger partial charge is 0.340 e. The molecule has 0 atom stereocenters. The van der Waals surface area contributed by atoms with Crippen LogP contribution in [0.15, 0.2) is 50.2 Å². The summed E-state index contributed by atoms with van der Waals surface area (Å²) in [7, 11) is 0. The third kappa shape index (κ3) is 3.71. The van der Waals surface area contributed by atoms with E-state index in [-0.39, 0.29) is 12.3 Å². The Morgan fingerprint density at radius 3 is 2.41 bits per heavy atom. The number of benzene rings is 2. The number of amides is 1. The number of nitrogens with zero attached hydrogens (tertiary/aromatic N) is 1. The lowest BCUT2D eigenvalue weighted by Crippen LogP contribution is -2.46. The number of carbonyl (C=O) groups excluding carboxylic acids is 1. The summed E-state index contributed by atoms with van der Waals surface area (Å²) in [6.45, 7) is 6.51. The summed E-state index contributed by atoms with van der Waals surface area (Å²) in [5.41, 5.74) is 3.40. The Bertz CT molecular complexity index is 1470. The molecule has 5 rings (SSSR count). The molecule has 1 aliphatic rings. The van der Waals surface area contributed by atoms with Gasteiger partial charge in [-0.15, -0.1) is 0 Å². The molecule has 7 heteroatoms. The predicted octanol–water partition coefficient (Wildman–Crippen LogP) is 5.17. The van der Waals surface area contributed by atoms with Crippen LogP contribution in [-0.4, -0.2) is 29.0 Å². The molecule has 1 N–H and O–H groups in total. The molecule has 3 heterocycles. The predicted molar refractivity (Wildman–Crippen MR) is 131 cm³/mol. The molecule has 4 aromatic rings. The molecule has 2 aromatic heterocycles. The van der Waals surface area contributed by atoms with Crippen LogP contribution >= 0.6 is 11.6 Å². The molecule has 2 aromatic carbocycles. The topological polar surface area (TPSA) is 83.9 Å². The van der Waals surface area contributed by atoms with Crippen LogP contribution in [0.3, 0.4) is 0 Å². The summed E-state index contributed by atoms with van der Waals surface area (Å²) in [5.74, 6) is -0.148. The van der Waals surface area contributed by atoms with E-state index < -0.39 is 11.2 Å². The highest BCUT2D eigenvalue weighted by atomic mass is 35.5. The maximum atomic E-state index is 13.1. The average Bonchev–Trinajstić information content (AvgIpc) is 3.19. The average molecular weight is 480 g/mol. The van der Waals surface area contributed by atoms with Crippen molar-refractivity contribution in [3.8, 4) is 0 Å². The first-order chi connectivity index (χ1) is 16.2. The zero-order valence-corrected chi connectivity index (χ0v) is 20.2. The summed E-state index contributed by atoms with van der Waals surface area (Å²) in [6.07, 6.45) is 2.49. The third-order valence-corrected chi connectivity index (χ3v) is 7.44. The number of halogens is 1. The molecule has 0 bridgehead atoms. The van der Waals surface area contributed by atoms with Gasteiger partial charge in [0.25, 0.3) is 0 Å². The second kappa shape index (κ2) is 8.29. The minimum atomic E-state index is -0.995. The van der Waals surface area contributed by atoms with Crippen molar-refractivity contribution in [1.82, 2.24) is 4.90 Å². The first-order valence-electron chi connectivity index (χ1n) is 11.4. The van der Waals surface area contributed by atoms with E-state index in [2.05, 4.69) is 0 Å². The molecule has 6 nitrogen and oxygen atoms in total. The van der Waals surface area contributed by atoms with Gasteiger partial charge in [-0.2, -0.15) is 0 Å². The van der Waals surface area contributed by atoms with Crippen LogP contribution < -0.4 is 5.63 Å². The largest absolute Gasteiger partial charge is 0.464 e. The van der Waals surface area contributed by atoms with Crippen LogP contribution in [0.2, 0.25) is 5.02 Å². The fourth-order valence-electron chi connectivity index (χ4n) is 4.96. The number of rotatable bonds is 3. The minimum Gasteiger partial charge on any atom is -0.464 e. The molecule has 1 aliphatic heterocycles. The third-order valence-electron chi connectivity index (χ3n) is 7.19. The molecule has 0 spiro atoms. The van der Waals surface area contributed by atoms with Gasteiger partial charge in [0.15, 0.2) is 0 Å². The van der Waals surface area contributed by atoms with Crippen molar-refractivity contribution >= 4 is 39.4 Å². The van der Waals surface area contributed by atoms with Gasteiger partial charge in [0.05, 0.1) is 23.8 Å². The van der Waals surface area contributed by atoms with E-state index in [9.17, 15) is 14.7 Å². The SMILES string of the molecule is Cc1coc2c(C)c3oc(=O)c(CC(=O)N4CCC(O)(c5ccc(Cl)cc5)CC4)c(C)c3cc12. The number of aliphatic hydroxyl groups is 1. The van der Waals surface area contributed by atoms with Crippen LogP contribution in [0.4, 0.5) is 0 Å². The number of carbonyl (C=O) groups is 1. The number of piperidine rings is 1. The van der Waals surface area contributed by atoms with Crippen molar-refractivity contribution in [3.05, 3.63) is 79.9 Å². The molecular weight excluding hydrogens is 454 g/mol. The standard InChI is InChI=1S/C27H26ClNO5/c1-15-14-33-24-17(3)25-21(12-20(15)24)16(2)22(26(31)34-25)13-23(30)29-10-8-27(32,9-11-29)18-4-6-19(28)7-5-18/h4-7,12,14,32H,8-11,13H2,1-3H3. The fourth-order valence-corrected chi connectivity index (χ4v) is 5.09. The second-order valence-electron chi connectivity index (χ2n) is 9.26. The van der Waals surface area contributed by atoms with Crippen molar-refractivity contribution < 1.29 is 18.7 Å². The maximum Gasteiger partial charge on any atom is 0.340 e. The lowest BCUT2D eigenvalue weighted by molar-refractivity contribution is -0.135. The van der Waals surface area contributed by atoms with E-state index >= 15 is 0 Å². The van der Waals surface area contributed by atoms with E-state index in [0.29, 0.717) is 47.7 Å². The minimum absolute atomic E-state index is 0.0368. The number of fused-ring (bicyclic) bond motifs is 2. The van der Waals surface area contributed by atoms with Crippen LogP contribution in [0.25, 0.3) is 21.9 Å². The first kappa shape index (κ1) is 22.7. The first-order valence-corrected chi connectivity index (χ1v) is 11.8. The molecule has 34 heavy (non-hydrogen) atoms. The lowest BCUT2D eigenvalue weighted by Gasteiger charge is -2.38. The van der Waals surface area contributed by atoms with Crippen molar-refractivity contribution in [3.63, 3.8) is 0 Å². The van der Waals surface area contributed by atoms with Crippen LogP contribution in [-0.2, 0) is 16.8 Å². The Labute approximate surface area is 201 Å². The summed E-state index contributed by atoms with van der Waals surface area (Å²) in [6, 6.07) is 9.13. The Balaban J connectivity index is 1.39. The molecule has 176 valence electrons. The zero-order chi connectivity index (χ0) is 24.2. The Morgan fingerprint density at radius 2 is 1.74 bits per heavy atom. The number of aryl methyl sites for hydroxylation is 3. The summed E-state index contributed by atoms with van der Waals surface area (Å²) < 4.78 is 11.3. The Hall–Kier alpha value is -3.09. The van der Waals surface area contributed by atoms with E-state index in [1.165, 1.54) is 0 Å². The zero-order valence-electron chi connectivity index (χ0n) is 19.4. The van der Waals surface area contributed by atoms with E-state index in [0.717, 1.165) is 33.0 Å². The van der Waals surface area contributed by atoms with Gasteiger partial charge >= 0.3 is 5.63 Å². The van der Waals surface area contributed by atoms with E-state index in [1.807, 2.05) is 39.0 Å². The highest BCUT2D eigenvalue weighted by Crippen LogP contribution is 2.35. The van der Waals surface area contributed by atoms with Crippen LogP contribution in [0.5, 0.6) is 0 Å². The number of furan rings is 1. The van der Waals surface area contributed by atoms with Gasteiger partial charge in [0, 0.05) is 34.4 Å². The fraction of sp³-hybridized carbons (Fsp3) is 0.333. The van der Waals surface area contributed by atoms with Gasteiger partial charge in [0.1, 0.15) is 11.2 Å². The molecule has 0 radical (unpaired) electrons. The second-order valence-corrected chi connectivity index (χ2v) is 9.70. The number of hydrogen-bond donors (Lipinski definition) is 1. The molecule has 1 saturated heterocycles. The quantitative estimate of drug-likeness (QED) is 0.410. The van der Waals surface area contributed by atoms with Gasteiger partial charge in [0.2, 0.25) is 5.91 Å². The Morgan fingerprint density at radius 1 is 1.06 bits per heavy atom. The van der Waals surface area contributed by atoms with Crippen LogP contribution in [0, 0.1) is 20.8 Å². The van der Waals surface area contributed by atoms with Crippen molar-refractivity contribution in [2.24, 2.45) is 0 Å². The normalized spacial score (nSPS) is 15.9. The molecular formula is C27H26ClNO5. The van der Waals surface area contributed by atoms with Gasteiger partial charge in [-0.3, -0.25) is 4.79 Å². The van der Waals surface area contributed by atoms with Gasteiger partial charge in [-0.1, -0.05) is 23.7 Å². The van der Waals surface area contributed by atoms with E-state index in [1.54, 1.807) is 23.3 Å². The van der Waals surface area contributed by atoms with Crippen molar-refractivity contribution in [2.75, 3.05) is 13.1 Å². The molecule has 0 saturated carbocycles. The lowest BCUT2D eigenvalue weighted by atomic mass is 9.84. The number of likely N-dealkylation sites (tertiary alicyclic amines) is 1. The van der Waals surface area contributed by atoms with Gasteiger partial charge < -0.3 is 18.8 Å². The van der Waals surface area contributed by atoms with Gasteiger partial charge in [-0.25, -0.2) is 4.79 Å².